The second-order valence-electron chi connectivity index (χ2n) is 11.3. The van der Waals surface area contributed by atoms with Crippen LogP contribution in [0.1, 0.15) is 50.8 Å². The van der Waals surface area contributed by atoms with Crippen molar-refractivity contribution in [3.05, 3.63) is 76.4 Å². The molecule has 234 valence electrons. The molecule has 1 saturated heterocycles. The Morgan fingerprint density at radius 1 is 1.09 bits per heavy atom. The van der Waals surface area contributed by atoms with Crippen LogP contribution >= 0.6 is 0 Å². The molecule has 1 aliphatic heterocycles. The van der Waals surface area contributed by atoms with Crippen molar-refractivity contribution in [3.63, 3.8) is 0 Å². The first-order chi connectivity index (χ1) is 21.1. The number of rotatable bonds is 11. The first kappa shape index (κ1) is 32.1. The van der Waals surface area contributed by atoms with E-state index in [1.54, 1.807) is 23.1 Å². The molecule has 3 heterocycles. The molecule has 3 amide bonds. The monoisotopic (exact) mass is 605 g/mol. The summed E-state index contributed by atoms with van der Waals surface area (Å²) in [6, 6.07) is 9.36. The standard InChI is InChI=1S/C32H39N5O7/c1-21(2)18-22-10-8-11-23-19-24(37(28(22)23)32(42)43)20-36-17-9-13-26(30(36)40)33-29(39)25(34-31(41)44-3)12-4-5-14-27(38)35-15-6-7-16-35/h5,8-11,13-14,17,19,21,25H,4,6-7,12,15-16,18,20H2,1-3H3,(H,33,39)(H,34,41)(H,42,43). The van der Waals surface area contributed by atoms with Crippen molar-refractivity contribution >= 4 is 40.6 Å². The van der Waals surface area contributed by atoms with Crippen molar-refractivity contribution < 1.29 is 29.0 Å². The molecule has 12 heteroatoms. The molecule has 0 radical (unpaired) electrons. The zero-order valence-electron chi connectivity index (χ0n) is 25.2. The van der Waals surface area contributed by atoms with Gasteiger partial charge >= 0.3 is 12.2 Å². The van der Waals surface area contributed by atoms with Crippen molar-refractivity contribution in [1.29, 1.82) is 0 Å². The van der Waals surface area contributed by atoms with Crippen LogP contribution in [0.15, 0.2) is 59.5 Å². The molecule has 3 N–H and O–H groups in total. The summed E-state index contributed by atoms with van der Waals surface area (Å²) in [5, 5.41) is 15.9. The largest absolute Gasteiger partial charge is 0.464 e. The van der Waals surface area contributed by atoms with Gasteiger partial charge in [0.15, 0.2) is 0 Å². The van der Waals surface area contributed by atoms with E-state index in [0.717, 1.165) is 36.9 Å². The van der Waals surface area contributed by atoms with E-state index < -0.39 is 29.7 Å². The number of methoxy groups -OCH3 is 1. The highest BCUT2D eigenvalue weighted by Gasteiger charge is 2.23. The Morgan fingerprint density at radius 3 is 2.52 bits per heavy atom. The quantitative estimate of drug-likeness (QED) is 0.277. The van der Waals surface area contributed by atoms with Crippen LogP contribution in [0.2, 0.25) is 0 Å². The third-order valence-corrected chi connectivity index (χ3v) is 7.51. The van der Waals surface area contributed by atoms with E-state index in [0.29, 0.717) is 30.0 Å². The molecule has 0 saturated carbocycles. The summed E-state index contributed by atoms with van der Waals surface area (Å²) in [4.78, 5) is 64.9. The van der Waals surface area contributed by atoms with E-state index in [1.807, 2.05) is 18.2 Å². The third-order valence-electron chi connectivity index (χ3n) is 7.51. The predicted molar refractivity (Wildman–Crippen MR) is 166 cm³/mol. The minimum atomic E-state index is -1.16. The smallest absolute Gasteiger partial charge is 0.416 e. The van der Waals surface area contributed by atoms with Crippen LogP contribution < -0.4 is 16.2 Å². The van der Waals surface area contributed by atoms with Crippen LogP contribution in [0.4, 0.5) is 15.3 Å². The molecule has 1 unspecified atom stereocenters. The Labute approximate surface area is 255 Å². The Balaban J connectivity index is 1.52. The van der Waals surface area contributed by atoms with Crippen molar-refractivity contribution in [2.24, 2.45) is 5.92 Å². The van der Waals surface area contributed by atoms with Crippen LogP contribution in [0.25, 0.3) is 10.9 Å². The molecule has 4 rings (SSSR count). The molecule has 3 aromatic rings. The molecule has 1 aliphatic rings. The average molecular weight is 606 g/mol. The summed E-state index contributed by atoms with van der Waals surface area (Å²) in [5.74, 6) is -0.412. The molecule has 2 aromatic heterocycles. The number of carbonyl (C=O) groups excluding carboxylic acids is 3. The van der Waals surface area contributed by atoms with E-state index in [4.69, 9.17) is 0 Å². The first-order valence-corrected chi connectivity index (χ1v) is 14.7. The number of pyridine rings is 1. The molecule has 12 nitrogen and oxygen atoms in total. The normalized spacial score (nSPS) is 13.9. The van der Waals surface area contributed by atoms with E-state index in [9.17, 15) is 29.1 Å². The lowest BCUT2D eigenvalue weighted by atomic mass is 10.0. The molecule has 0 spiro atoms. The number of hydrogen-bond donors (Lipinski definition) is 3. The number of benzene rings is 1. The number of carbonyl (C=O) groups is 4. The number of fused-ring (bicyclic) bond motifs is 1. The van der Waals surface area contributed by atoms with Gasteiger partial charge in [-0.3, -0.25) is 14.4 Å². The number of allylic oxidation sites excluding steroid dienone is 1. The first-order valence-electron chi connectivity index (χ1n) is 14.7. The molecule has 0 aliphatic carbocycles. The number of amides is 3. The van der Waals surface area contributed by atoms with Gasteiger partial charge in [0.2, 0.25) is 11.8 Å². The minimum Gasteiger partial charge on any atom is -0.464 e. The molecule has 1 atom stereocenters. The van der Waals surface area contributed by atoms with Crippen molar-refractivity contribution in [2.75, 3.05) is 25.5 Å². The molecule has 44 heavy (non-hydrogen) atoms. The van der Waals surface area contributed by atoms with Crippen LogP contribution in [-0.2, 0) is 27.3 Å². The highest BCUT2D eigenvalue weighted by Crippen LogP contribution is 2.26. The van der Waals surface area contributed by atoms with E-state index in [-0.39, 0.29) is 24.6 Å². The predicted octanol–water partition coefficient (Wildman–Crippen LogP) is 4.20. The maximum Gasteiger partial charge on any atom is 0.416 e. The Bertz CT molecular complexity index is 1610. The molecular formula is C32H39N5O7. The fourth-order valence-electron chi connectivity index (χ4n) is 5.44. The van der Waals surface area contributed by atoms with E-state index >= 15 is 0 Å². The number of ether oxygens (including phenoxy) is 1. The van der Waals surface area contributed by atoms with Gasteiger partial charge in [-0.2, -0.15) is 0 Å². The fraction of sp³-hybridized carbons (Fsp3) is 0.406. The Hall–Kier alpha value is -4.87. The Kier molecular flexibility index (Phi) is 10.6. The summed E-state index contributed by atoms with van der Waals surface area (Å²) < 4.78 is 7.19. The number of nitrogens with zero attached hydrogens (tertiary/aromatic N) is 3. The van der Waals surface area contributed by atoms with Crippen LogP contribution in [0.3, 0.4) is 0 Å². The van der Waals surface area contributed by atoms with Gasteiger partial charge in [0.05, 0.1) is 24.9 Å². The van der Waals surface area contributed by atoms with E-state index in [1.165, 1.54) is 34.6 Å². The van der Waals surface area contributed by atoms with Gasteiger partial charge in [0.25, 0.3) is 5.56 Å². The maximum atomic E-state index is 13.4. The van der Waals surface area contributed by atoms with Crippen LogP contribution in [0.5, 0.6) is 0 Å². The minimum absolute atomic E-state index is 0.0348. The number of carboxylic acid groups (broad SMARTS) is 1. The molecular weight excluding hydrogens is 566 g/mol. The zero-order chi connectivity index (χ0) is 31.8. The lowest BCUT2D eigenvalue weighted by Gasteiger charge is -2.17. The van der Waals surface area contributed by atoms with Crippen LogP contribution in [-0.4, -0.2) is 69.4 Å². The van der Waals surface area contributed by atoms with Gasteiger partial charge in [-0.1, -0.05) is 38.1 Å². The summed E-state index contributed by atoms with van der Waals surface area (Å²) in [6.07, 6.45) is 5.80. The van der Waals surface area contributed by atoms with E-state index in [2.05, 4.69) is 29.2 Å². The number of anilines is 1. The van der Waals surface area contributed by atoms with Crippen molar-refractivity contribution in [2.45, 2.75) is 58.5 Å². The lowest BCUT2D eigenvalue weighted by Crippen LogP contribution is -2.44. The highest BCUT2D eigenvalue weighted by atomic mass is 16.5. The number of alkyl carbamates (subject to hydrolysis) is 1. The number of likely N-dealkylation sites (tertiary alicyclic amines) is 1. The van der Waals surface area contributed by atoms with Gasteiger partial charge in [-0.05, 0) is 67.9 Å². The third kappa shape index (κ3) is 7.74. The van der Waals surface area contributed by atoms with Gasteiger partial charge in [0.1, 0.15) is 11.7 Å². The highest BCUT2D eigenvalue weighted by molar-refractivity contribution is 5.96. The fourth-order valence-corrected chi connectivity index (χ4v) is 5.44. The number of nitrogens with one attached hydrogen (secondary N) is 2. The molecule has 1 fully saturated rings. The van der Waals surface area contributed by atoms with Gasteiger partial charge in [-0.15, -0.1) is 0 Å². The SMILES string of the molecule is COC(=O)NC(CCC=CC(=O)N1CCCC1)C(=O)Nc1cccn(Cc2cc3cccc(CC(C)C)c3n2C(=O)O)c1=O. The lowest BCUT2D eigenvalue weighted by molar-refractivity contribution is -0.125. The van der Waals surface area contributed by atoms with Gasteiger partial charge in [0, 0.05) is 24.7 Å². The van der Waals surface area contributed by atoms with Crippen molar-refractivity contribution in [1.82, 2.24) is 19.4 Å². The summed E-state index contributed by atoms with van der Waals surface area (Å²) in [5.41, 5.74) is 1.31. The Morgan fingerprint density at radius 2 is 1.84 bits per heavy atom. The summed E-state index contributed by atoms with van der Waals surface area (Å²) >= 11 is 0. The topological polar surface area (TPSA) is 152 Å². The molecule has 0 bridgehead atoms. The second kappa shape index (κ2) is 14.5. The number of hydrogen-bond acceptors (Lipinski definition) is 6. The van der Waals surface area contributed by atoms with Gasteiger partial charge in [-0.25, -0.2) is 14.2 Å². The van der Waals surface area contributed by atoms with Gasteiger partial charge < -0.3 is 29.9 Å². The molecule has 1 aromatic carbocycles. The summed E-state index contributed by atoms with van der Waals surface area (Å²) in [7, 11) is 1.18. The maximum absolute atomic E-state index is 13.4. The second-order valence-corrected chi connectivity index (χ2v) is 11.3. The van der Waals surface area contributed by atoms with Crippen molar-refractivity contribution in [3.8, 4) is 0 Å². The average Bonchev–Trinajstić information content (AvgIpc) is 3.65. The number of para-hydroxylation sites is 1. The zero-order valence-corrected chi connectivity index (χ0v) is 25.2. The summed E-state index contributed by atoms with van der Waals surface area (Å²) in [6.45, 7) is 5.52. The van der Waals surface area contributed by atoms with Crippen LogP contribution in [0, 0.1) is 5.92 Å². The number of aromatic nitrogens is 2.